The molecule has 1 unspecified atom stereocenters. The highest BCUT2D eigenvalue weighted by molar-refractivity contribution is 7.99. The fourth-order valence-corrected chi connectivity index (χ4v) is 3.52. The average molecular weight is 407 g/mol. The van der Waals surface area contributed by atoms with Crippen LogP contribution in [0.3, 0.4) is 0 Å². The third kappa shape index (κ3) is 4.81. The Kier molecular flexibility index (Phi) is 6.25. The molecule has 3 rings (SSSR count). The predicted octanol–water partition coefficient (Wildman–Crippen LogP) is 5.91. The Morgan fingerprint density at radius 1 is 1.19 bits per heavy atom. The fourth-order valence-electron chi connectivity index (χ4n) is 2.25. The van der Waals surface area contributed by atoms with Gasteiger partial charge < -0.3 is 9.84 Å². The van der Waals surface area contributed by atoms with Crippen LogP contribution in [-0.2, 0) is 10.5 Å². The second-order valence-electron chi connectivity index (χ2n) is 5.61. The van der Waals surface area contributed by atoms with Crippen LogP contribution >= 0.6 is 35.0 Å². The van der Waals surface area contributed by atoms with Crippen LogP contribution in [0.1, 0.15) is 12.7 Å². The molecule has 3 aromatic rings. The number of nitrogens with zero attached hydrogens (tertiary/aromatic N) is 1. The second-order valence-corrected chi connectivity index (χ2v) is 7.78. The molecule has 0 saturated heterocycles. The van der Waals surface area contributed by atoms with Gasteiger partial charge in [0.05, 0.1) is 16.0 Å². The van der Waals surface area contributed by atoms with Crippen molar-refractivity contribution in [3.63, 3.8) is 0 Å². The molecule has 7 heteroatoms. The van der Waals surface area contributed by atoms with Gasteiger partial charge in [-0.15, -0.1) is 11.8 Å². The molecule has 1 aromatic heterocycles. The quantitative estimate of drug-likeness (QED) is 0.552. The summed E-state index contributed by atoms with van der Waals surface area (Å²) in [5, 5.41) is 7.78. The number of carbonyl (C=O) groups is 1. The Labute approximate surface area is 165 Å². The van der Waals surface area contributed by atoms with Gasteiger partial charge in [-0.25, -0.2) is 0 Å². The van der Waals surface area contributed by atoms with Gasteiger partial charge in [-0.2, -0.15) is 0 Å². The molecule has 0 bridgehead atoms. The van der Waals surface area contributed by atoms with Gasteiger partial charge in [0.2, 0.25) is 5.91 Å². The second kappa shape index (κ2) is 8.62. The lowest BCUT2D eigenvalue weighted by atomic mass is 10.1. The van der Waals surface area contributed by atoms with E-state index in [-0.39, 0.29) is 11.2 Å². The molecule has 1 amide bonds. The number of amides is 1. The zero-order chi connectivity index (χ0) is 18.5. The van der Waals surface area contributed by atoms with E-state index in [4.69, 9.17) is 27.7 Å². The van der Waals surface area contributed by atoms with Gasteiger partial charge in [0.25, 0.3) is 0 Å². The lowest BCUT2D eigenvalue weighted by Gasteiger charge is -2.10. The van der Waals surface area contributed by atoms with Crippen molar-refractivity contribution >= 4 is 46.6 Å². The first-order valence-corrected chi connectivity index (χ1v) is 9.72. The smallest absolute Gasteiger partial charge is 0.237 e. The summed E-state index contributed by atoms with van der Waals surface area (Å²) in [6, 6.07) is 16.4. The highest BCUT2D eigenvalue weighted by atomic mass is 35.5. The predicted molar refractivity (Wildman–Crippen MR) is 108 cm³/mol. The molecule has 134 valence electrons. The maximum absolute atomic E-state index is 12.2. The molecule has 0 aliphatic heterocycles. The zero-order valence-corrected chi connectivity index (χ0v) is 16.2. The SMILES string of the molecule is CC(SCc1cc(-c2ccc(Cl)cc2Cl)no1)C(=O)Nc1ccccc1. The Morgan fingerprint density at radius 3 is 2.69 bits per heavy atom. The van der Waals surface area contributed by atoms with Crippen molar-refractivity contribution < 1.29 is 9.32 Å². The number of thioether (sulfide) groups is 1. The van der Waals surface area contributed by atoms with Gasteiger partial charge in [0, 0.05) is 22.3 Å². The summed E-state index contributed by atoms with van der Waals surface area (Å²) in [6.07, 6.45) is 0. The van der Waals surface area contributed by atoms with Crippen molar-refractivity contribution in [3.8, 4) is 11.3 Å². The van der Waals surface area contributed by atoms with Gasteiger partial charge in [-0.05, 0) is 37.3 Å². The maximum Gasteiger partial charge on any atom is 0.237 e. The van der Waals surface area contributed by atoms with Gasteiger partial charge in [-0.1, -0.05) is 46.6 Å². The largest absolute Gasteiger partial charge is 0.360 e. The summed E-state index contributed by atoms with van der Waals surface area (Å²) >= 11 is 13.6. The number of rotatable bonds is 6. The summed E-state index contributed by atoms with van der Waals surface area (Å²) in [4.78, 5) is 12.2. The van der Waals surface area contributed by atoms with E-state index in [1.165, 1.54) is 11.8 Å². The molecule has 2 aromatic carbocycles. The highest BCUT2D eigenvalue weighted by Gasteiger charge is 2.16. The molecule has 0 spiro atoms. The average Bonchev–Trinajstić information content (AvgIpc) is 3.09. The van der Waals surface area contributed by atoms with Gasteiger partial charge in [0.15, 0.2) is 0 Å². The summed E-state index contributed by atoms with van der Waals surface area (Å²) in [5.41, 5.74) is 2.18. The Balaban J connectivity index is 1.58. The molecule has 0 radical (unpaired) electrons. The van der Waals surface area contributed by atoms with Gasteiger partial charge in [0.1, 0.15) is 11.5 Å². The molecule has 26 heavy (non-hydrogen) atoms. The molecule has 1 N–H and O–H groups in total. The van der Waals surface area contributed by atoms with E-state index in [1.54, 1.807) is 18.2 Å². The van der Waals surface area contributed by atoms with Crippen LogP contribution in [0.2, 0.25) is 10.0 Å². The number of halogens is 2. The molecule has 0 aliphatic carbocycles. The van der Waals surface area contributed by atoms with Crippen molar-refractivity contribution in [2.45, 2.75) is 17.9 Å². The molecular formula is C19H16Cl2N2O2S. The Hall–Kier alpha value is -1.95. The number of carbonyl (C=O) groups excluding carboxylic acids is 1. The number of para-hydroxylation sites is 1. The zero-order valence-electron chi connectivity index (χ0n) is 13.9. The van der Waals surface area contributed by atoms with E-state index in [1.807, 2.05) is 43.3 Å². The summed E-state index contributed by atoms with van der Waals surface area (Å²) in [6.45, 7) is 1.86. The number of nitrogens with one attached hydrogen (secondary N) is 1. The van der Waals surface area contributed by atoms with Crippen LogP contribution in [0.15, 0.2) is 59.1 Å². The number of anilines is 1. The van der Waals surface area contributed by atoms with E-state index in [9.17, 15) is 4.79 Å². The number of hydrogen-bond acceptors (Lipinski definition) is 4. The number of aromatic nitrogens is 1. The van der Waals surface area contributed by atoms with Crippen molar-refractivity contribution in [3.05, 3.63) is 70.4 Å². The van der Waals surface area contributed by atoms with Gasteiger partial charge >= 0.3 is 0 Å². The normalized spacial score (nSPS) is 12.0. The highest BCUT2D eigenvalue weighted by Crippen LogP contribution is 2.31. The molecule has 0 fully saturated rings. The number of benzene rings is 2. The lowest BCUT2D eigenvalue weighted by molar-refractivity contribution is -0.115. The minimum atomic E-state index is -0.233. The van der Waals surface area contributed by atoms with Crippen molar-refractivity contribution in [1.29, 1.82) is 0 Å². The third-order valence-corrected chi connectivity index (χ3v) is 5.37. The van der Waals surface area contributed by atoms with E-state index in [0.29, 0.717) is 27.3 Å². The molecule has 0 saturated carbocycles. The van der Waals surface area contributed by atoms with Crippen LogP contribution in [0.5, 0.6) is 0 Å². The Morgan fingerprint density at radius 2 is 1.96 bits per heavy atom. The van der Waals surface area contributed by atoms with E-state index < -0.39 is 0 Å². The molecule has 1 atom stereocenters. The first-order chi connectivity index (χ1) is 12.5. The van der Waals surface area contributed by atoms with Crippen molar-refractivity contribution in [2.24, 2.45) is 0 Å². The van der Waals surface area contributed by atoms with E-state index in [2.05, 4.69) is 10.5 Å². The third-order valence-electron chi connectivity index (χ3n) is 3.65. The lowest BCUT2D eigenvalue weighted by Crippen LogP contribution is -2.22. The summed E-state index contributed by atoms with van der Waals surface area (Å²) < 4.78 is 5.36. The maximum atomic E-state index is 12.2. The first kappa shape index (κ1) is 18.8. The summed E-state index contributed by atoms with van der Waals surface area (Å²) in [7, 11) is 0. The number of hydrogen-bond donors (Lipinski definition) is 1. The monoisotopic (exact) mass is 406 g/mol. The minimum Gasteiger partial charge on any atom is -0.360 e. The van der Waals surface area contributed by atoms with Crippen LogP contribution < -0.4 is 5.32 Å². The molecule has 1 heterocycles. The minimum absolute atomic E-state index is 0.0540. The van der Waals surface area contributed by atoms with Crippen LogP contribution in [0.4, 0.5) is 5.69 Å². The van der Waals surface area contributed by atoms with E-state index >= 15 is 0 Å². The van der Waals surface area contributed by atoms with Crippen molar-refractivity contribution in [2.75, 3.05) is 5.32 Å². The molecular weight excluding hydrogens is 391 g/mol. The first-order valence-electron chi connectivity index (χ1n) is 7.91. The van der Waals surface area contributed by atoms with E-state index in [0.717, 1.165) is 11.3 Å². The standard InChI is InChI=1S/C19H16Cl2N2O2S/c1-12(19(24)22-14-5-3-2-4-6-14)26-11-15-10-18(23-25-15)16-8-7-13(20)9-17(16)21/h2-10,12H,11H2,1H3,(H,22,24). The van der Waals surface area contributed by atoms with Crippen LogP contribution in [-0.4, -0.2) is 16.3 Å². The topological polar surface area (TPSA) is 55.1 Å². The van der Waals surface area contributed by atoms with Crippen LogP contribution in [0, 0.1) is 0 Å². The van der Waals surface area contributed by atoms with Gasteiger partial charge in [-0.3, -0.25) is 4.79 Å². The molecule has 0 aliphatic rings. The van der Waals surface area contributed by atoms with Crippen LogP contribution in [0.25, 0.3) is 11.3 Å². The van der Waals surface area contributed by atoms with Crippen molar-refractivity contribution in [1.82, 2.24) is 5.16 Å². The summed E-state index contributed by atoms with van der Waals surface area (Å²) in [5.74, 6) is 1.15. The Bertz CT molecular complexity index is 900. The molecule has 4 nitrogen and oxygen atoms in total. The fraction of sp³-hybridized carbons (Fsp3) is 0.158.